The highest BCUT2D eigenvalue weighted by Gasteiger charge is 2.36. The molecule has 3 heteroatoms. The summed E-state index contributed by atoms with van der Waals surface area (Å²) in [6.07, 6.45) is 8.76. The Labute approximate surface area is 86.2 Å². The molecule has 0 aromatic carbocycles. The molecule has 0 saturated carbocycles. The second-order valence-electron chi connectivity index (χ2n) is 3.70. The lowest BCUT2D eigenvalue weighted by molar-refractivity contribution is 0.141. The van der Waals surface area contributed by atoms with Crippen LogP contribution in [0, 0.1) is 0 Å². The van der Waals surface area contributed by atoms with Crippen molar-refractivity contribution in [1.82, 2.24) is 9.80 Å². The summed E-state index contributed by atoms with van der Waals surface area (Å²) in [5, 5.41) is -0.310. The molecule has 0 aromatic heterocycles. The second kappa shape index (κ2) is 4.23. The van der Waals surface area contributed by atoms with Crippen LogP contribution in [0.5, 0.6) is 0 Å². The van der Waals surface area contributed by atoms with Gasteiger partial charge >= 0.3 is 0 Å². The molecule has 0 saturated heterocycles. The molecule has 1 aliphatic rings. The standard InChI is InChI=1S/C10H19ClN2/c1-4-5-6-7-10(11)12(2)8-9-13(10)3/h8-9H,4-7H2,1-3H3. The van der Waals surface area contributed by atoms with Crippen LogP contribution in [0.2, 0.25) is 0 Å². The second-order valence-corrected chi connectivity index (χ2v) is 4.30. The monoisotopic (exact) mass is 202 g/mol. The summed E-state index contributed by atoms with van der Waals surface area (Å²) in [7, 11) is 4.05. The normalized spacial score (nSPS) is 20.0. The minimum atomic E-state index is -0.310. The van der Waals surface area contributed by atoms with E-state index in [4.69, 9.17) is 11.6 Å². The smallest absolute Gasteiger partial charge is 0.189 e. The van der Waals surface area contributed by atoms with Crippen LogP contribution in [-0.4, -0.2) is 29.0 Å². The maximum Gasteiger partial charge on any atom is 0.189 e. The molecule has 0 N–H and O–H groups in total. The minimum Gasteiger partial charge on any atom is -0.344 e. The van der Waals surface area contributed by atoms with Crippen LogP contribution in [-0.2, 0) is 0 Å². The van der Waals surface area contributed by atoms with E-state index >= 15 is 0 Å². The van der Waals surface area contributed by atoms with Crippen molar-refractivity contribution < 1.29 is 0 Å². The third kappa shape index (κ3) is 2.11. The van der Waals surface area contributed by atoms with Gasteiger partial charge in [0.05, 0.1) is 0 Å². The Morgan fingerprint density at radius 3 is 2.15 bits per heavy atom. The van der Waals surface area contributed by atoms with Crippen molar-refractivity contribution in [2.45, 2.75) is 37.7 Å². The van der Waals surface area contributed by atoms with E-state index in [9.17, 15) is 0 Å². The summed E-state index contributed by atoms with van der Waals surface area (Å²) >= 11 is 6.50. The SMILES string of the molecule is CCCCCC1(Cl)N(C)C=CN1C. The van der Waals surface area contributed by atoms with E-state index in [-0.39, 0.29) is 5.12 Å². The fourth-order valence-corrected chi connectivity index (χ4v) is 1.88. The molecule has 0 aliphatic carbocycles. The molecule has 1 rings (SSSR count). The van der Waals surface area contributed by atoms with Crippen LogP contribution in [0.4, 0.5) is 0 Å². The van der Waals surface area contributed by atoms with Crippen molar-refractivity contribution in [3.63, 3.8) is 0 Å². The molecule has 0 aromatic rings. The Morgan fingerprint density at radius 2 is 1.69 bits per heavy atom. The van der Waals surface area contributed by atoms with Crippen molar-refractivity contribution in [2.75, 3.05) is 14.1 Å². The van der Waals surface area contributed by atoms with Crippen LogP contribution in [0.25, 0.3) is 0 Å². The zero-order valence-corrected chi connectivity index (χ0v) is 9.51. The van der Waals surface area contributed by atoms with Crippen LogP contribution >= 0.6 is 11.6 Å². The quantitative estimate of drug-likeness (QED) is 0.393. The highest BCUT2D eigenvalue weighted by molar-refractivity contribution is 6.23. The molecule has 0 spiro atoms. The average Bonchev–Trinajstić information content (AvgIpc) is 2.35. The Kier molecular flexibility index (Phi) is 3.48. The molecule has 1 aliphatic heterocycles. The Bertz CT molecular complexity index is 179. The zero-order valence-electron chi connectivity index (χ0n) is 8.76. The predicted octanol–water partition coefficient (Wildman–Crippen LogP) is 2.81. The summed E-state index contributed by atoms with van der Waals surface area (Å²) in [5.74, 6) is 0. The van der Waals surface area contributed by atoms with E-state index in [1.54, 1.807) is 0 Å². The van der Waals surface area contributed by atoms with E-state index in [1.807, 2.05) is 26.5 Å². The third-order valence-electron chi connectivity index (χ3n) is 2.69. The Hall–Kier alpha value is -0.370. The lowest BCUT2D eigenvalue weighted by Crippen LogP contribution is -2.44. The molecule has 1 heterocycles. The number of alkyl halides is 1. The first-order valence-corrected chi connectivity index (χ1v) is 5.32. The molecule has 76 valence electrons. The van der Waals surface area contributed by atoms with E-state index in [0.29, 0.717) is 0 Å². The molecule has 0 bridgehead atoms. The molecule has 0 atom stereocenters. The summed E-state index contributed by atoms with van der Waals surface area (Å²) in [5.41, 5.74) is 0. The van der Waals surface area contributed by atoms with Gasteiger partial charge in [0.1, 0.15) is 0 Å². The number of hydrogen-bond donors (Lipinski definition) is 0. The van der Waals surface area contributed by atoms with Gasteiger partial charge < -0.3 is 9.80 Å². The fraction of sp³-hybridized carbons (Fsp3) is 0.800. The molecule has 0 radical (unpaired) electrons. The first-order valence-electron chi connectivity index (χ1n) is 4.94. The van der Waals surface area contributed by atoms with Gasteiger partial charge in [-0.1, -0.05) is 31.4 Å². The van der Waals surface area contributed by atoms with Gasteiger partial charge in [0.25, 0.3) is 0 Å². The third-order valence-corrected chi connectivity index (χ3v) is 3.42. The van der Waals surface area contributed by atoms with Gasteiger partial charge in [-0.25, -0.2) is 0 Å². The summed E-state index contributed by atoms with van der Waals surface area (Å²) in [6, 6.07) is 0. The molecule has 2 nitrogen and oxygen atoms in total. The number of unbranched alkanes of at least 4 members (excludes halogenated alkanes) is 2. The van der Waals surface area contributed by atoms with Gasteiger partial charge in [0.2, 0.25) is 0 Å². The van der Waals surface area contributed by atoms with Crippen LogP contribution < -0.4 is 0 Å². The Morgan fingerprint density at radius 1 is 1.15 bits per heavy atom. The van der Waals surface area contributed by atoms with Gasteiger partial charge in [-0.05, 0) is 6.42 Å². The van der Waals surface area contributed by atoms with Crippen LogP contribution in [0.3, 0.4) is 0 Å². The van der Waals surface area contributed by atoms with Gasteiger partial charge in [0, 0.05) is 32.9 Å². The highest BCUT2D eigenvalue weighted by Crippen LogP contribution is 2.33. The minimum absolute atomic E-state index is 0.310. The molecular formula is C10H19ClN2. The highest BCUT2D eigenvalue weighted by atomic mass is 35.5. The van der Waals surface area contributed by atoms with E-state index in [0.717, 1.165) is 6.42 Å². The lowest BCUT2D eigenvalue weighted by atomic mass is 10.1. The molecule has 0 amide bonds. The van der Waals surface area contributed by atoms with E-state index in [2.05, 4.69) is 16.7 Å². The van der Waals surface area contributed by atoms with Gasteiger partial charge in [-0.2, -0.15) is 0 Å². The fourth-order valence-electron chi connectivity index (χ4n) is 1.63. The van der Waals surface area contributed by atoms with Gasteiger partial charge in [-0.3, -0.25) is 0 Å². The van der Waals surface area contributed by atoms with Gasteiger partial charge in [-0.15, -0.1) is 0 Å². The maximum absolute atomic E-state index is 6.50. The van der Waals surface area contributed by atoms with Crippen molar-refractivity contribution in [2.24, 2.45) is 0 Å². The van der Waals surface area contributed by atoms with E-state index in [1.165, 1.54) is 19.3 Å². The first kappa shape index (κ1) is 10.7. The van der Waals surface area contributed by atoms with Crippen molar-refractivity contribution >= 4 is 11.6 Å². The van der Waals surface area contributed by atoms with Crippen molar-refractivity contribution in [1.29, 1.82) is 0 Å². The lowest BCUT2D eigenvalue weighted by Gasteiger charge is -2.37. The molecule has 0 fully saturated rings. The largest absolute Gasteiger partial charge is 0.344 e. The van der Waals surface area contributed by atoms with Crippen molar-refractivity contribution in [3.8, 4) is 0 Å². The maximum atomic E-state index is 6.50. The summed E-state index contributed by atoms with van der Waals surface area (Å²) in [4.78, 5) is 4.15. The molecular weight excluding hydrogens is 184 g/mol. The van der Waals surface area contributed by atoms with Crippen LogP contribution in [0.1, 0.15) is 32.6 Å². The van der Waals surface area contributed by atoms with Gasteiger partial charge in [0.15, 0.2) is 5.12 Å². The number of halogens is 1. The van der Waals surface area contributed by atoms with Crippen molar-refractivity contribution in [3.05, 3.63) is 12.4 Å². The summed E-state index contributed by atoms with van der Waals surface area (Å²) < 4.78 is 0. The zero-order chi connectivity index (χ0) is 9.90. The predicted molar refractivity (Wildman–Crippen MR) is 57.4 cm³/mol. The molecule has 0 unspecified atom stereocenters. The Balaban J connectivity index is 2.45. The topological polar surface area (TPSA) is 6.48 Å². The number of rotatable bonds is 4. The van der Waals surface area contributed by atoms with Crippen LogP contribution in [0.15, 0.2) is 12.4 Å². The number of nitrogens with zero attached hydrogens (tertiary/aromatic N) is 2. The average molecular weight is 203 g/mol. The van der Waals surface area contributed by atoms with E-state index < -0.39 is 0 Å². The first-order chi connectivity index (χ1) is 6.11. The molecule has 13 heavy (non-hydrogen) atoms. The summed E-state index contributed by atoms with van der Waals surface area (Å²) in [6.45, 7) is 2.21. The number of hydrogen-bond acceptors (Lipinski definition) is 2.